The van der Waals surface area contributed by atoms with Crippen molar-refractivity contribution in [3.8, 4) is 0 Å². The zero-order valence-corrected chi connectivity index (χ0v) is 16.7. The lowest BCUT2D eigenvalue weighted by atomic mass is 10.1. The van der Waals surface area contributed by atoms with Crippen LogP contribution in [0, 0.1) is 5.82 Å². The minimum absolute atomic E-state index is 0.217. The average Bonchev–Trinajstić information content (AvgIpc) is 2.70. The van der Waals surface area contributed by atoms with Crippen molar-refractivity contribution in [1.29, 1.82) is 0 Å². The molecule has 0 aromatic heterocycles. The molecule has 0 amide bonds. The lowest BCUT2D eigenvalue weighted by Gasteiger charge is -2.26. The average molecular weight is 384 g/mol. The van der Waals surface area contributed by atoms with E-state index in [0.29, 0.717) is 13.1 Å². The molecule has 0 bridgehead atoms. The molecule has 1 fully saturated rings. The van der Waals surface area contributed by atoms with Crippen molar-refractivity contribution in [2.24, 2.45) is 4.99 Å². The third kappa shape index (κ3) is 6.04. The molecule has 1 N–H and O–H groups in total. The van der Waals surface area contributed by atoms with Crippen LogP contribution in [0.3, 0.4) is 0 Å². The molecule has 3 rings (SSSR count). The third-order valence-electron chi connectivity index (χ3n) is 4.87. The van der Waals surface area contributed by atoms with Gasteiger partial charge in [-0.3, -0.25) is 9.89 Å². The molecule has 0 unspecified atom stereocenters. The molecule has 6 heteroatoms. The van der Waals surface area contributed by atoms with E-state index in [2.05, 4.69) is 39.5 Å². The zero-order valence-electron chi connectivity index (χ0n) is 16.7. The standard InChI is InChI=1S/C22H29FN4O/c1-24-22(26(2)16-20-4-3-5-21(23)14-20)25-15-18-6-8-19(9-7-18)17-27-10-12-28-13-11-27/h3-9,14H,10-13,15-17H2,1-2H3,(H,24,25). The number of morpholine rings is 1. The highest BCUT2D eigenvalue weighted by Crippen LogP contribution is 2.10. The van der Waals surface area contributed by atoms with Gasteiger partial charge in [0.05, 0.1) is 13.2 Å². The second-order valence-electron chi connectivity index (χ2n) is 7.09. The van der Waals surface area contributed by atoms with E-state index in [9.17, 15) is 4.39 Å². The lowest BCUT2D eigenvalue weighted by molar-refractivity contribution is 0.0342. The normalized spacial score (nSPS) is 15.5. The lowest BCUT2D eigenvalue weighted by Crippen LogP contribution is -2.38. The maximum atomic E-state index is 13.4. The summed E-state index contributed by atoms with van der Waals surface area (Å²) >= 11 is 0. The summed E-state index contributed by atoms with van der Waals surface area (Å²) in [7, 11) is 3.71. The number of nitrogens with zero attached hydrogens (tertiary/aromatic N) is 3. The first-order chi connectivity index (χ1) is 13.6. The Bertz CT molecular complexity index is 772. The minimum Gasteiger partial charge on any atom is -0.379 e. The Hall–Kier alpha value is -2.44. The number of aliphatic imine (C=N–C) groups is 1. The Morgan fingerprint density at radius 2 is 1.82 bits per heavy atom. The van der Waals surface area contributed by atoms with Gasteiger partial charge >= 0.3 is 0 Å². The van der Waals surface area contributed by atoms with Crippen LogP contribution in [0.15, 0.2) is 53.5 Å². The van der Waals surface area contributed by atoms with Gasteiger partial charge in [-0.05, 0) is 28.8 Å². The number of guanidine groups is 1. The van der Waals surface area contributed by atoms with E-state index in [0.717, 1.165) is 44.4 Å². The maximum Gasteiger partial charge on any atom is 0.193 e. The minimum atomic E-state index is -0.217. The molecule has 0 spiro atoms. The molecule has 2 aromatic carbocycles. The first kappa shape index (κ1) is 20.3. The van der Waals surface area contributed by atoms with Crippen LogP contribution >= 0.6 is 0 Å². The monoisotopic (exact) mass is 384 g/mol. The smallest absolute Gasteiger partial charge is 0.193 e. The zero-order chi connectivity index (χ0) is 19.8. The number of benzene rings is 2. The first-order valence-corrected chi connectivity index (χ1v) is 9.68. The topological polar surface area (TPSA) is 40.1 Å². The number of nitrogens with one attached hydrogen (secondary N) is 1. The summed E-state index contributed by atoms with van der Waals surface area (Å²) in [6.07, 6.45) is 0. The van der Waals surface area contributed by atoms with Crippen LogP contribution in [-0.2, 0) is 24.4 Å². The van der Waals surface area contributed by atoms with E-state index in [1.165, 1.54) is 17.2 Å². The highest BCUT2D eigenvalue weighted by atomic mass is 19.1. The number of hydrogen-bond donors (Lipinski definition) is 1. The molecule has 1 heterocycles. The van der Waals surface area contributed by atoms with E-state index in [-0.39, 0.29) is 5.82 Å². The molecule has 1 aliphatic heterocycles. The predicted octanol–water partition coefficient (Wildman–Crippen LogP) is 2.87. The highest BCUT2D eigenvalue weighted by Gasteiger charge is 2.11. The van der Waals surface area contributed by atoms with Crippen molar-refractivity contribution in [1.82, 2.24) is 15.1 Å². The fourth-order valence-electron chi connectivity index (χ4n) is 3.33. The summed E-state index contributed by atoms with van der Waals surface area (Å²) in [5, 5.41) is 3.38. The summed E-state index contributed by atoms with van der Waals surface area (Å²) < 4.78 is 18.8. The largest absolute Gasteiger partial charge is 0.379 e. The van der Waals surface area contributed by atoms with Gasteiger partial charge in [0.2, 0.25) is 0 Å². The number of halogens is 1. The Kier molecular flexibility index (Phi) is 7.39. The summed E-state index contributed by atoms with van der Waals surface area (Å²) in [5.41, 5.74) is 3.43. The predicted molar refractivity (Wildman–Crippen MR) is 111 cm³/mol. The summed E-state index contributed by atoms with van der Waals surface area (Å²) in [6.45, 7) is 5.89. The summed E-state index contributed by atoms with van der Waals surface area (Å²) in [5.74, 6) is 0.563. The van der Waals surface area contributed by atoms with E-state index < -0.39 is 0 Å². The van der Waals surface area contributed by atoms with Crippen LogP contribution in [0.4, 0.5) is 4.39 Å². The fourth-order valence-corrected chi connectivity index (χ4v) is 3.33. The Labute approximate surface area is 166 Å². The van der Waals surface area contributed by atoms with Gasteiger partial charge in [-0.2, -0.15) is 0 Å². The van der Waals surface area contributed by atoms with E-state index in [4.69, 9.17) is 4.74 Å². The van der Waals surface area contributed by atoms with Crippen molar-refractivity contribution in [2.75, 3.05) is 40.4 Å². The van der Waals surface area contributed by atoms with Crippen molar-refractivity contribution in [2.45, 2.75) is 19.6 Å². The highest BCUT2D eigenvalue weighted by molar-refractivity contribution is 5.79. The Morgan fingerprint density at radius 3 is 2.50 bits per heavy atom. The molecule has 5 nitrogen and oxygen atoms in total. The molecule has 1 saturated heterocycles. The molecule has 28 heavy (non-hydrogen) atoms. The van der Waals surface area contributed by atoms with Crippen LogP contribution in [0.2, 0.25) is 0 Å². The van der Waals surface area contributed by atoms with Crippen LogP contribution in [0.5, 0.6) is 0 Å². The van der Waals surface area contributed by atoms with Crippen molar-refractivity contribution >= 4 is 5.96 Å². The molecule has 0 radical (unpaired) electrons. The Morgan fingerprint density at radius 1 is 1.11 bits per heavy atom. The molecular weight excluding hydrogens is 355 g/mol. The molecule has 0 aliphatic carbocycles. The van der Waals surface area contributed by atoms with Crippen LogP contribution in [-0.4, -0.2) is 56.2 Å². The molecule has 150 valence electrons. The van der Waals surface area contributed by atoms with Gasteiger partial charge in [0, 0.05) is 46.8 Å². The van der Waals surface area contributed by atoms with E-state index in [1.807, 2.05) is 18.0 Å². The van der Waals surface area contributed by atoms with E-state index in [1.54, 1.807) is 19.2 Å². The maximum absolute atomic E-state index is 13.4. The van der Waals surface area contributed by atoms with Crippen LogP contribution in [0.25, 0.3) is 0 Å². The molecular formula is C22H29FN4O. The number of hydrogen-bond acceptors (Lipinski definition) is 3. The van der Waals surface area contributed by atoms with E-state index >= 15 is 0 Å². The summed E-state index contributed by atoms with van der Waals surface area (Å²) in [6, 6.07) is 15.3. The van der Waals surface area contributed by atoms with Crippen molar-refractivity contribution in [3.05, 3.63) is 71.0 Å². The van der Waals surface area contributed by atoms with Gasteiger partial charge in [-0.15, -0.1) is 0 Å². The first-order valence-electron chi connectivity index (χ1n) is 9.68. The van der Waals surface area contributed by atoms with Gasteiger partial charge in [-0.1, -0.05) is 36.4 Å². The van der Waals surface area contributed by atoms with Gasteiger partial charge in [-0.25, -0.2) is 4.39 Å². The van der Waals surface area contributed by atoms with Gasteiger partial charge in [0.25, 0.3) is 0 Å². The van der Waals surface area contributed by atoms with Gasteiger partial charge in [0.1, 0.15) is 5.82 Å². The second-order valence-corrected chi connectivity index (χ2v) is 7.09. The third-order valence-corrected chi connectivity index (χ3v) is 4.87. The van der Waals surface area contributed by atoms with Crippen molar-refractivity contribution < 1.29 is 9.13 Å². The SMILES string of the molecule is CN=C(NCc1ccc(CN2CCOCC2)cc1)N(C)Cc1cccc(F)c1. The van der Waals surface area contributed by atoms with Crippen molar-refractivity contribution in [3.63, 3.8) is 0 Å². The molecule has 0 saturated carbocycles. The summed E-state index contributed by atoms with van der Waals surface area (Å²) in [4.78, 5) is 8.74. The van der Waals surface area contributed by atoms with Crippen LogP contribution in [0.1, 0.15) is 16.7 Å². The van der Waals surface area contributed by atoms with Gasteiger partial charge < -0.3 is 15.0 Å². The molecule has 0 atom stereocenters. The number of ether oxygens (including phenoxy) is 1. The Balaban J connectivity index is 1.50. The van der Waals surface area contributed by atoms with Gasteiger partial charge in [0.15, 0.2) is 5.96 Å². The second kappa shape index (κ2) is 10.2. The van der Waals surface area contributed by atoms with Crippen LogP contribution < -0.4 is 5.32 Å². The molecule has 1 aliphatic rings. The number of rotatable bonds is 6. The quantitative estimate of drug-likeness (QED) is 0.614. The molecule has 2 aromatic rings. The fraction of sp³-hybridized carbons (Fsp3) is 0.409.